The zero-order chi connectivity index (χ0) is 12.4. The van der Waals surface area contributed by atoms with Gasteiger partial charge in [-0.2, -0.15) is 0 Å². The second-order valence-electron chi connectivity index (χ2n) is 4.22. The Kier molecular flexibility index (Phi) is 3.81. The number of hydrogen-bond donors (Lipinski definition) is 0. The first kappa shape index (κ1) is 12.5. The molecule has 0 N–H and O–H groups in total. The molecule has 2 heterocycles. The highest BCUT2D eigenvalue weighted by atomic mass is 32.1. The van der Waals surface area contributed by atoms with E-state index in [0.717, 1.165) is 25.1 Å². The Balaban J connectivity index is 2.33. The standard InChI is InChI=1S/C12H17NO3S/c1-13-5-4-10-8(9(7-13)15-2)6-11(17-10)12(14)16-3/h6,9H,4-5,7H2,1-3H3. The topological polar surface area (TPSA) is 38.8 Å². The van der Waals surface area contributed by atoms with E-state index >= 15 is 0 Å². The van der Waals surface area contributed by atoms with Gasteiger partial charge in [0.25, 0.3) is 0 Å². The quantitative estimate of drug-likeness (QED) is 0.754. The highest BCUT2D eigenvalue weighted by molar-refractivity contribution is 7.14. The fourth-order valence-electron chi connectivity index (χ4n) is 2.08. The van der Waals surface area contributed by atoms with Crippen LogP contribution in [0.15, 0.2) is 6.07 Å². The summed E-state index contributed by atoms with van der Waals surface area (Å²) in [4.78, 5) is 15.7. The van der Waals surface area contributed by atoms with Crippen molar-refractivity contribution in [3.8, 4) is 0 Å². The second-order valence-corrected chi connectivity index (χ2v) is 5.35. The number of nitrogens with zero attached hydrogens (tertiary/aromatic N) is 1. The van der Waals surface area contributed by atoms with Gasteiger partial charge in [0.2, 0.25) is 0 Å². The number of fused-ring (bicyclic) bond motifs is 1. The van der Waals surface area contributed by atoms with E-state index in [2.05, 4.69) is 11.9 Å². The van der Waals surface area contributed by atoms with Crippen molar-refractivity contribution in [2.75, 3.05) is 34.4 Å². The summed E-state index contributed by atoms with van der Waals surface area (Å²) in [7, 11) is 5.21. The Labute approximate surface area is 105 Å². The first-order chi connectivity index (χ1) is 8.15. The Morgan fingerprint density at radius 3 is 2.94 bits per heavy atom. The van der Waals surface area contributed by atoms with Crippen LogP contribution in [0.25, 0.3) is 0 Å². The molecular weight excluding hydrogens is 238 g/mol. The van der Waals surface area contributed by atoms with Crippen molar-refractivity contribution in [3.05, 3.63) is 21.4 Å². The average Bonchev–Trinajstić information content (AvgIpc) is 2.70. The van der Waals surface area contributed by atoms with Gasteiger partial charge in [0.05, 0.1) is 13.2 Å². The maximum Gasteiger partial charge on any atom is 0.348 e. The molecule has 0 aromatic carbocycles. The molecule has 2 rings (SSSR count). The summed E-state index contributed by atoms with van der Waals surface area (Å²) in [5.41, 5.74) is 1.14. The molecule has 5 heteroatoms. The molecule has 17 heavy (non-hydrogen) atoms. The Hall–Kier alpha value is -0.910. The van der Waals surface area contributed by atoms with E-state index in [9.17, 15) is 4.79 Å². The number of rotatable bonds is 2. The van der Waals surface area contributed by atoms with Gasteiger partial charge >= 0.3 is 5.97 Å². The van der Waals surface area contributed by atoms with Crippen molar-refractivity contribution in [1.82, 2.24) is 4.90 Å². The molecule has 94 valence electrons. The first-order valence-corrected chi connectivity index (χ1v) is 6.39. The summed E-state index contributed by atoms with van der Waals surface area (Å²) in [6, 6.07) is 1.92. The summed E-state index contributed by atoms with van der Waals surface area (Å²) in [6.07, 6.45) is 1.01. The minimum Gasteiger partial charge on any atom is -0.465 e. The van der Waals surface area contributed by atoms with Crippen molar-refractivity contribution in [1.29, 1.82) is 0 Å². The molecule has 1 aliphatic heterocycles. The molecule has 0 spiro atoms. The molecule has 1 atom stereocenters. The smallest absolute Gasteiger partial charge is 0.348 e. The molecule has 0 radical (unpaired) electrons. The van der Waals surface area contributed by atoms with Crippen LogP contribution in [0, 0.1) is 0 Å². The van der Waals surface area contributed by atoms with Crippen LogP contribution in [0.5, 0.6) is 0 Å². The van der Waals surface area contributed by atoms with E-state index < -0.39 is 0 Å². The Morgan fingerprint density at radius 2 is 2.29 bits per heavy atom. The van der Waals surface area contributed by atoms with Crippen LogP contribution in [0.1, 0.15) is 26.2 Å². The Morgan fingerprint density at radius 1 is 1.53 bits per heavy atom. The third-order valence-corrected chi connectivity index (χ3v) is 4.25. The number of carbonyl (C=O) groups is 1. The van der Waals surface area contributed by atoms with Crippen LogP contribution in [-0.2, 0) is 15.9 Å². The predicted octanol–water partition coefficient (Wildman–Crippen LogP) is 1.71. The van der Waals surface area contributed by atoms with Crippen LogP contribution < -0.4 is 0 Å². The van der Waals surface area contributed by atoms with Crippen molar-refractivity contribution < 1.29 is 14.3 Å². The van der Waals surface area contributed by atoms with Gasteiger partial charge in [-0.25, -0.2) is 4.79 Å². The number of thiophene rings is 1. The van der Waals surface area contributed by atoms with Gasteiger partial charge in [0, 0.05) is 25.1 Å². The summed E-state index contributed by atoms with van der Waals surface area (Å²) in [6.45, 7) is 1.86. The van der Waals surface area contributed by atoms with Gasteiger partial charge in [-0.05, 0) is 25.1 Å². The van der Waals surface area contributed by atoms with Gasteiger partial charge in [-0.15, -0.1) is 11.3 Å². The SMILES string of the molecule is COC(=O)c1cc2c(s1)CCN(C)CC2OC. The number of esters is 1. The molecule has 0 bridgehead atoms. The molecule has 0 saturated heterocycles. The van der Waals surface area contributed by atoms with Crippen molar-refractivity contribution in [3.63, 3.8) is 0 Å². The first-order valence-electron chi connectivity index (χ1n) is 5.58. The lowest BCUT2D eigenvalue weighted by Gasteiger charge is -2.18. The number of methoxy groups -OCH3 is 2. The maximum atomic E-state index is 11.5. The molecule has 1 aliphatic rings. The van der Waals surface area contributed by atoms with E-state index in [0.29, 0.717) is 4.88 Å². The predicted molar refractivity (Wildman–Crippen MR) is 66.6 cm³/mol. The van der Waals surface area contributed by atoms with Crippen LogP contribution >= 0.6 is 11.3 Å². The van der Waals surface area contributed by atoms with E-state index in [4.69, 9.17) is 9.47 Å². The zero-order valence-electron chi connectivity index (χ0n) is 10.4. The van der Waals surface area contributed by atoms with Crippen LogP contribution in [0.2, 0.25) is 0 Å². The van der Waals surface area contributed by atoms with Gasteiger partial charge in [-0.1, -0.05) is 0 Å². The summed E-state index contributed by atoms with van der Waals surface area (Å²) < 4.78 is 10.3. The minimum absolute atomic E-state index is 0.0483. The third-order valence-electron chi connectivity index (χ3n) is 3.06. The monoisotopic (exact) mass is 255 g/mol. The van der Waals surface area contributed by atoms with E-state index in [1.165, 1.54) is 23.3 Å². The lowest BCUT2D eigenvalue weighted by molar-refractivity contribution is 0.0605. The molecule has 4 nitrogen and oxygen atoms in total. The van der Waals surface area contributed by atoms with Crippen molar-refractivity contribution in [2.24, 2.45) is 0 Å². The number of ether oxygens (including phenoxy) is 2. The highest BCUT2D eigenvalue weighted by Crippen LogP contribution is 2.32. The maximum absolute atomic E-state index is 11.5. The summed E-state index contributed by atoms with van der Waals surface area (Å²) in [5.74, 6) is -0.258. The van der Waals surface area contributed by atoms with E-state index in [1.807, 2.05) is 6.07 Å². The van der Waals surface area contributed by atoms with E-state index in [-0.39, 0.29) is 12.1 Å². The third kappa shape index (κ3) is 2.51. The van der Waals surface area contributed by atoms with E-state index in [1.54, 1.807) is 7.11 Å². The minimum atomic E-state index is -0.258. The molecular formula is C12H17NO3S. The lowest BCUT2D eigenvalue weighted by Crippen LogP contribution is -2.24. The van der Waals surface area contributed by atoms with Gasteiger partial charge in [-0.3, -0.25) is 0 Å². The van der Waals surface area contributed by atoms with Crippen LogP contribution in [0.3, 0.4) is 0 Å². The molecule has 0 fully saturated rings. The fourth-order valence-corrected chi connectivity index (χ4v) is 3.20. The number of hydrogen-bond acceptors (Lipinski definition) is 5. The van der Waals surface area contributed by atoms with Crippen LogP contribution in [0.4, 0.5) is 0 Å². The van der Waals surface area contributed by atoms with Crippen molar-refractivity contribution in [2.45, 2.75) is 12.5 Å². The molecule has 1 aromatic heterocycles. The van der Waals surface area contributed by atoms with Crippen LogP contribution in [-0.4, -0.2) is 45.2 Å². The second kappa shape index (κ2) is 5.16. The number of likely N-dealkylation sites (N-methyl/N-ethyl adjacent to an activating group) is 1. The zero-order valence-corrected chi connectivity index (χ0v) is 11.2. The highest BCUT2D eigenvalue weighted by Gasteiger charge is 2.25. The largest absolute Gasteiger partial charge is 0.465 e. The van der Waals surface area contributed by atoms with Gasteiger partial charge in [0.1, 0.15) is 4.88 Å². The molecule has 0 amide bonds. The normalized spacial score (nSPS) is 20.8. The molecule has 0 aliphatic carbocycles. The average molecular weight is 255 g/mol. The molecule has 0 saturated carbocycles. The summed E-state index contributed by atoms with van der Waals surface area (Å²) >= 11 is 1.52. The summed E-state index contributed by atoms with van der Waals surface area (Å²) in [5, 5.41) is 0. The van der Waals surface area contributed by atoms with Gasteiger partial charge < -0.3 is 14.4 Å². The lowest BCUT2D eigenvalue weighted by atomic mass is 10.1. The molecule has 1 aromatic rings. The van der Waals surface area contributed by atoms with Gasteiger partial charge in [0.15, 0.2) is 0 Å². The number of carbonyl (C=O) groups excluding carboxylic acids is 1. The Bertz CT molecular complexity index is 416. The fraction of sp³-hybridized carbons (Fsp3) is 0.583. The molecule has 1 unspecified atom stereocenters. The van der Waals surface area contributed by atoms with Crippen molar-refractivity contribution >= 4 is 17.3 Å².